The number of nitro groups is 1. The first-order chi connectivity index (χ1) is 16.8. The SMILES string of the molecule is Cc1ccc(S(=O)(=O)NNc2ncnc(NNC(=O)c3cccc4ccccc34)c2[N+](=O)[O-])cc1. The van der Waals surface area contributed by atoms with Gasteiger partial charge in [-0.15, -0.1) is 4.83 Å². The van der Waals surface area contributed by atoms with E-state index >= 15 is 0 Å². The maximum atomic E-state index is 12.7. The van der Waals surface area contributed by atoms with Crippen molar-refractivity contribution in [3.63, 3.8) is 0 Å². The van der Waals surface area contributed by atoms with Crippen LogP contribution in [0.2, 0.25) is 0 Å². The molecule has 0 saturated carbocycles. The topological polar surface area (TPSA) is 168 Å². The van der Waals surface area contributed by atoms with Crippen molar-refractivity contribution in [3.8, 4) is 0 Å². The molecule has 3 aromatic carbocycles. The van der Waals surface area contributed by atoms with Crippen molar-refractivity contribution in [2.24, 2.45) is 0 Å². The van der Waals surface area contributed by atoms with Crippen LogP contribution in [0.1, 0.15) is 15.9 Å². The molecule has 4 aromatic rings. The average Bonchev–Trinajstić information content (AvgIpc) is 2.85. The zero-order valence-electron chi connectivity index (χ0n) is 18.2. The summed E-state index contributed by atoms with van der Waals surface area (Å²) in [5.41, 5.74) is 7.58. The van der Waals surface area contributed by atoms with Crippen molar-refractivity contribution in [3.05, 3.63) is 94.3 Å². The Morgan fingerprint density at radius 2 is 1.57 bits per heavy atom. The summed E-state index contributed by atoms with van der Waals surface area (Å²) < 4.78 is 25.0. The molecule has 0 spiro atoms. The quantitative estimate of drug-likeness (QED) is 0.213. The highest BCUT2D eigenvalue weighted by molar-refractivity contribution is 7.89. The molecule has 0 radical (unpaired) electrons. The van der Waals surface area contributed by atoms with Gasteiger partial charge < -0.3 is 0 Å². The average molecular weight is 494 g/mol. The fourth-order valence-corrected chi connectivity index (χ4v) is 4.08. The Morgan fingerprint density at radius 1 is 0.914 bits per heavy atom. The van der Waals surface area contributed by atoms with Crippen LogP contribution in [0.3, 0.4) is 0 Å². The first-order valence-electron chi connectivity index (χ1n) is 10.1. The molecule has 1 aromatic heterocycles. The Morgan fingerprint density at radius 3 is 2.29 bits per heavy atom. The van der Waals surface area contributed by atoms with E-state index in [1.165, 1.54) is 12.1 Å². The van der Waals surface area contributed by atoms with Crippen molar-refractivity contribution < 1.29 is 18.1 Å². The molecule has 13 heteroatoms. The Balaban J connectivity index is 1.54. The summed E-state index contributed by atoms with van der Waals surface area (Å²) in [5.74, 6) is -1.33. The molecule has 0 bridgehead atoms. The summed E-state index contributed by atoms with van der Waals surface area (Å²) in [5, 5.41) is 13.3. The summed E-state index contributed by atoms with van der Waals surface area (Å²) in [6.07, 6.45) is 0.974. The summed E-state index contributed by atoms with van der Waals surface area (Å²) >= 11 is 0. The predicted molar refractivity (Wildman–Crippen MR) is 129 cm³/mol. The third-order valence-corrected chi connectivity index (χ3v) is 6.23. The molecule has 0 aliphatic heterocycles. The molecule has 35 heavy (non-hydrogen) atoms. The number of sulfonamides is 1. The number of hydrogen-bond acceptors (Lipinski definition) is 9. The Labute approximate surface area is 199 Å². The smallest absolute Gasteiger partial charge is 0.286 e. The number of fused-ring (bicyclic) bond motifs is 1. The maximum Gasteiger partial charge on any atom is 0.356 e. The van der Waals surface area contributed by atoms with Gasteiger partial charge in [0.05, 0.1) is 9.82 Å². The van der Waals surface area contributed by atoms with Gasteiger partial charge in [-0.25, -0.2) is 18.4 Å². The van der Waals surface area contributed by atoms with Gasteiger partial charge in [0.25, 0.3) is 15.9 Å². The number of hydrazine groups is 2. The standard InChI is InChI=1S/C22H19N7O5S/c1-14-9-11-16(12-10-14)35(33,34)28-26-21-19(29(31)32)20(23-13-24-21)25-27-22(30)18-8-4-6-15-5-2-3-7-17(15)18/h2-13,28H,1H3,(H,27,30)(H2,23,24,25,26). The van der Waals surface area contributed by atoms with E-state index in [-0.39, 0.29) is 10.7 Å². The highest BCUT2D eigenvalue weighted by atomic mass is 32.2. The molecular formula is C22H19N7O5S. The monoisotopic (exact) mass is 493 g/mol. The number of carbonyl (C=O) groups is 1. The van der Waals surface area contributed by atoms with Gasteiger partial charge in [0.2, 0.25) is 11.6 Å². The number of aryl methyl sites for hydroxylation is 1. The van der Waals surface area contributed by atoms with Gasteiger partial charge in [-0.05, 0) is 35.9 Å². The van der Waals surface area contributed by atoms with Crippen LogP contribution in [-0.4, -0.2) is 29.2 Å². The van der Waals surface area contributed by atoms with E-state index < -0.39 is 32.4 Å². The van der Waals surface area contributed by atoms with Gasteiger partial charge in [-0.3, -0.25) is 31.2 Å². The molecule has 0 aliphatic carbocycles. The molecular weight excluding hydrogens is 474 g/mol. The van der Waals surface area contributed by atoms with Gasteiger partial charge in [0.15, 0.2) is 0 Å². The number of rotatable bonds is 8. The van der Waals surface area contributed by atoms with E-state index in [1.54, 1.807) is 43.3 Å². The molecule has 0 atom stereocenters. The Kier molecular flexibility index (Phi) is 6.53. The molecule has 4 N–H and O–H groups in total. The van der Waals surface area contributed by atoms with Crippen LogP contribution >= 0.6 is 0 Å². The maximum absolute atomic E-state index is 12.7. The van der Waals surface area contributed by atoms with Crippen LogP contribution in [0.25, 0.3) is 10.8 Å². The number of amides is 1. The van der Waals surface area contributed by atoms with Crippen LogP contribution in [0.5, 0.6) is 0 Å². The normalized spacial score (nSPS) is 11.1. The number of aromatic nitrogens is 2. The van der Waals surface area contributed by atoms with E-state index in [9.17, 15) is 23.3 Å². The van der Waals surface area contributed by atoms with Crippen molar-refractivity contribution in [2.75, 3.05) is 10.9 Å². The Hall–Kier alpha value is -4.62. The van der Waals surface area contributed by atoms with Crippen LogP contribution in [0.4, 0.5) is 17.3 Å². The number of hydrogen-bond donors (Lipinski definition) is 4. The number of benzene rings is 3. The van der Waals surface area contributed by atoms with Crippen LogP contribution in [-0.2, 0) is 10.0 Å². The Bertz CT molecular complexity index is 1520. The second-order valence-electron chi connectivity index (χ2n) is 7.33. The van der Waals surface area contributed by atoms with E-state index in [0.717, 1.165) is 17.3 Å². The van der Waals surface area contributed by atoms with E-state index in [4.69, 9.17) is 0 Å². The lowest BCUT2D eigenvalue weighted by Gasteiger charge is -2.12. The molecule has 4 rings (SSSR count). The lowest BCUT2D eigenvalue weighted by molar-refractivity contribution is -0.383. The third kappa shape index (κ3) is 5.15. The van der Waals surface area contributed by atoms with Crippen LogP contribution in [0.15, 0.2) is 78.0 Å². The van der Waals surface area contributed by atoms with Crippen molar-refractivity contribution in [2.45, 2.75) is 11.8 Å². The number of carbonyl (C=O) groups excluding carboxylic acids is 1. The summed E-state index contributed by atoms with van der Waals surface area (Å²) in [4.78, 5) is 33.2. The van der Waals surface area contributed by atoms with E-state index in [2.05, 4.69) is 31.1 Å². The lowest BCUT2D eigenvalue weighted by Crippen LogP contribution is -2.32. The fourth-order valence-electron chi connectivity index (χ4n) is 3.23. The number of nitrogens with zero attached hydrogens (tertiary/aromatic N) is 3. The predicted octanol–water partition coefficient (Wildman–Crippen LogP) is 2.91. The first-order valence-corrected chi connectivity index (χ1v) is 11.6. The summed E-state index contributed by atoms with van der Waals surface area (Å²) in [6, 6.07) is 18.4. The number of anilines is 2. The van der Waals surface area contributed by atoms with Crippen molar-refractivity contribution in [1.29, 1.82) is 0 Å². The lowest BCUT2D eigenvalue weighted by atomic mass is 10.0. The summed E-state index contributed by atoms with van der Waals surface area (Å²) in [7, 11) is -4.05. The van der Waals surface area contributed by atoms with Crippen LogP contribution in [0, 0.1) is 17.0 Å². The third-order valence-electron chi connectivity index (χ3n) is 4.97. The zero-order chi connectivity index (χ0) is 25.0. The highest BCUT2D eigenvalue weighted by Gasteiger charge is 2.25. The molecule has 0 saturated heterocycles. The number of nitrogens with one attached hydrogen (secondary N) is 4. The molecule has 1 amide bonds. The van der Waals surface area contributed by atoms with Gasteiger partial charge >= 0.3 is 5.69 Å². The van der Waals surface area contributed by atoms with Crippen molar-refractivity contribution in [1.82, 2.24) is 20.2 Å². The molecule has 178 valence electrons. The largest absolute Gasteiger partial charge is 0.356 e. The zero-order valence-corrected chi connectivity index (χ0v) is 19.0. The van der Waals surface area contributed by atoms with Crippen molar-refractivity contribution >= 4 is 44.0 Å². The van der Waals surface area contributed by atoms with Gasteiger partial charge in [-0.1, -0.05) is 54.1 Å². The minimum absolute atomic E-state index is 0.0481. The molecule has 0 unspecified atom stereocenters. The first kappa shape index (κ1) is 23.5. The fraction of sp³-hybridized carbons (Fsp3) is 0.0455. The molecule has 12 nitrogen and oxygen atoms in total. The van der Waals surface area contributed by atoms with Gasteiger partial charge in [-0.2, -0.15) is 0 Å². The van der Waals surface area contributed by atoms with Gasteiger partial charge in [0.1, 0.15) is 6.33 Å². The second kappa shape index (κ2) is 9.70. The second-order valence-corrected chi connectivity index (χ2v) is 9.01. The van der Waals surface area contributed by atoms with Gasteiger partial charge in [0, 0.05) is 5.56 Å². The van der Waals surface area contributed by atoms with E-state index in [1.807, 2.05) is 18.2 Å². The molecule has 1 heterocycles. The minimum Gasteiger partial charge on any atom is -0.286 e. The molecule has 0 fully saturated rings. The summed E-state index contributed by atoms with van der Waals surface area (Å²) in [6.45, 7) is 1.81. The highest BCUT2D eigenvalue weighted by Crippen LogP contribution is 2.28. The molecule has 0 aliphatic rings. The van der Waals surface area contributed by atoms with E-state index in [0.29, 0.717) is 10.9 Å². The minimum atomic E-state index is -4.05. The van der Waals surface area contributed by atoms with Crippen LogP contribution < -0.4 is 21.1 Å².